The Hall–Kier alpha value is -3.25. The van der Waals surface area contributed by atoms with Gasteiger partial charge in [-0.3, -0.25) is 4.79 Å². The van der Waals surface area contributed by atoms with E-state index in [0.29, 0.717) is 24.8 Å². The lowest BCUT2D eigenvalue weighted by Crippen LogP contribution is -2.38. The SMILES string of the molecule is CC(C=CC=C(C)C=CC1=C(C)C(O)C(O)CC1(C)C)=CC=CC=C(C)C=CC=C(C)C(O)=CC(=O)C1(C)CC(O)CC1(C)C. The van der Waals surface area contributed by atoms with Crippen LogP contribution < -0.4 is 0 Å². The Balaban J connectivity index is 1.95. The summed E-state index contributed by atoms with van der Waals surface area (Å²) in [4.78, 5) is 13.0. The minimum Gasteiger partial charge on any atom is -0.508 e. The summed E-state index contributed by atoms with van der Waals surface area (Å²) >= 11 is 0. The van der Waals surface area contributed by atoms with Gasteiger partial charge in [-0.25, -0.2) is 0 Å². The molecule has 0 aromatic heterocycles. The summed E-state index contributed by atoms with van der Waals surface area (Å²) in [7, 11) is 0. The third-order valence-corrected chi connectivity index (χ3v) is 9.55. The van der Waals surface area contributed by atoms with Crippen LogP contribution in [0.2, 0.25) is 0 Å². The number of carbonyl (C=O) groups is 1. The summed E-state index contributed by atoms with van der Waals surface area (Å²) in [6.45, 7) is 19.8. The van der Waals surface area contributed by atoms with Crippen LogP contribution in [0.4, 0.5) is 0 Å². The number of aliphatic hydroxyl groups excluding tert-OH is 4. The first-order chi connectivity index (χ1) is 20.8. The van der Waals surface area contributed by atoms with Gasteiger partial charge in [0.2, 0.25) is 0 Å². The van der Waals surface area contributed by atoms with Gasteiger partial charge >= 0.3 is 0 Å². The maximum Gasteiger partial charge on any atom is 0.165 e. The molecule has 0 aromatic carbocycles. The van der Waals surface area contributed by atoms with Crippen LogP contribution in [0.25, 0.3) is 0 Å². The Bertz CT molecular complexity index is 1400. The van der Waals surface area contributed by atoms with Gasteiger partial charge in [0.15, 0.2) is 5.78 Å². The van der Waals surface area contributed by atoms with E-state index in [4.69, 9.17) is 0 Å². The van der Waals surface area contributed by atoms with Crippen molar-refractivity contribution in [3.63, 3.8) is 0 Å². The maximum absolute atomic E-state index is 13.0. The monoisotopic (exact) mass is 616 g/mol. The minimum atomic E-state index is -0.811. The van der Waals surface area contributed by atoms with Gasteiger partial charge in [0.1, 0.15) is 11.9 Å². The quantitative estimate of drug-likeness (QED) is 0.106. The number of carbonyl (C=O) groups excluding carboxylic acids is 1. The van der Waals surface area contributed by atoms with E-state index in [2.05, 4.69) is 19.9 Å². The first kappa shape index (κ1) is 37.9. The first-order valence-corrected chi connectivity index (χ1v) is 15.9. The lowest BCUT2D eigenvalue weighted by molar-refractivity contribution is -0.127. The Labute approximate surface area is 271 Å². The lowest BCUT2D eigenvalue weighted by Gasteiger charge is -2.38. The Morgan fingerprint density at radius 3 is 1.78 bits per heavy atom. The van der Waals surface area contributed by atoms with Crippen LogP contribution in [0.5, 0.6) is 0 Å². The van der Waals surface area contributed by atoms with Gasteiger partial charge < -0.3 is 20.4 Å². The third kappa shape index (κ3) is 10.4. The van der Waals surface area contributed by atoms with Crippen LogP contribution >= 0.6 is 0 Å². The van der Waals surface area contributed by atoms with Crippen LogP contribution in [-0.2, 0) is 4.79 Å². The molecule has 0 saturated heterocycles. The highest BCUT2D eigenvalue weighted by molar-refractivity contribution is 5.96. The molecule has 246 valence electrons. The fourth-order valence-corrected chi connectivity index (χ4v) is 6.13. The van der Waals surface area contributed by atoms with Gasteiger partial charge in [-0.05, 0) is 81.4 Å². The van der Waals surface area contributed by atoms with Crippen LogP contribution in [0, 0.1) is 16.2 Å². The molecule has 0 aliphatic heterocycles. The number of allylic oxidation sites excluding steroid dienone is 18. The van der Waals surface area contributed by atoms with Crippen molar-refractivity contribution < 1.29 is 25.2 Å². The van der Waals surface area contributed by atoms with E-state index in [0.717, 1.165) is 27.9 Å². The smallest absolute Gasteiger partial charge is 0.165 e. The number of aliphatic hydroxyl groups is 4. The molecule has 2 aliphatic rings. The fraction of sp³-hybridized carbons (Fsp3) is 0.475. The van der Waals surface area contributed by atoms with Gasteiger partial charge in [-0.2, -0.15) is 0 Å². The van der Waals surface area contributed by atoms with Crippen molar-refractivity contribution in [3.8, 4) is 0 Å². The van der Waals surface area contributed by atoms with E-state index in [1.165, 1.54) is 6.08 Å². The average Bonchev–Trinajstić information content (AvgIpc) is 3.15. The van der Waals surface area contributed by atoms with E-state index < -0.39 is 23.7 Å². The summed E-state index contributed by atoms with van der Waals surface area (Å²) in [6.07, 6.45) is 24.5. The molecule has 1 saturated carbocycles. The molecular formula is C40H56O5. The predicted octanol–water partition coefficient (Wildman–Crippen LogP) is 8.66. The molecule has 0 spiro atoms. The molecule has 0 amide bonds. The zero-order valence-corrected chi connectivity index (χ0v) is 29.1. The van der Waals surface area contributed by atoms with Crippen LogP contribution in [0.15, 0.2) is 118 Å². The molecule has 45 heavy (non-hydrogen) atoms. The fourth-order valence-electron chi connectivity index (χ4n) is 6.13. The highest BCUT2D eigenvalue weighted by atomic mass is 16.3. The van der Waals surface area contributed by atoms with E-state index >= 15 is 0 Å². The average molecular weight is 617 g/mol. The third-order valence-electron chi connectivity index (χ3n) is 9.55. The highest BCUT2D eigenvalue weighted by Gasteiger charge is 2.53. The van der Waals surface area contributed by atoms with Gasteiger partial charge in [0.25, 0.3) is 0 Å². The molecule has 1 fully saturated rings. The molecule has 0 radical (unpaired) electrons. The summed E-state index contributed by atoms with van der Waals surface area (Å²) < 4.78 is 0. The van der Waals surface area contributed by atoms with Gasteiger partial charge in [-0.1, -0.05) is 124 Å². The van der Waals surface area contributed by atoms with Gasteiger partial charge in [-0.15, -0.1) is 0 Å². The van der Waals surface area contributed by atoms with Crippen LogP contribution in [0.3, 0.4) is 0 Å². The van der Waals surface area contributed by atoms with E-state index in [9.17, 15) is 25.2 Å². The van der Waals surface area contributed by atoms with E-state index in [1.807, 2.05) is 109 Å². The van der Waals surface area contributed by atoms with Crippen molar-refractivity contribution in [2.75, 3.05) is 0 Å². The molecule has 5 heteroatoms. The molecule has 0 aromatic rings. The van der Waals surface area contributed by atoms with E-state index in [1.54, 1.807) is 13.0 Å². The number of hydrogen-bond acceptors (Lipinski definition) is 5. The minimum absolute atomic E-state index is 0.0550. The molecular weight excluding hydrogens is 560 g/mol. The molecule has 4 unspecified atom stereocenters. The van der Waals surface area contributed by atoms with Crippen LogP contribution in [0.1, 0.15) is 88.5 Å². The van der Waals surface area contributed by atoms with Crippen molar-refractivity contribution >= 4 is 5.78 Å². The standard InChI is InChI=1S/C40H56O5/c1-27(17-13-18-29(3)21-22-33-31(5)37(45)35(43)26-38(33,6)7)15-11-12-16-28(2)19-14-20-30(4)34(42)23-36(44)40(10)25-32(41)24-39(40,8)9/h11-23,32,35,37,41-43,45H,24-26H2,1-10H3. The van der Waals surface area contributed by atoms with Crippen molar-refractivity contribution in [1.29, 1.82) is 0 Å². The van der Waals surface area contributed by atoms with Crippen molar-refractivity contribution in [2.24, 2.45) is 16.2 Å². The van der Waals surface area contributed by atoms with Crippen molar-refractivity contribution in [3.05, 3.63) is 118 Å². The summed E-state index contributed by atoms with van der Waals surface area (Å²) in [5, 5.41) is 41.0. The number of hydrogen-bond donors (Lipinski definition) is 4. The molecule has 5 nitrogen and oxygen atoms in total. The largest absolute Gasteiger partial charge is 0.508 e. The molecule has 4 N–H and O–H groups in total. The van der Waals surface area contributed by atoms with E-state index in [-0.39, 0.29) is 22.4 Å². The second-order valence-corrected chi connectivity index (χ2v) is 14.4. The summed E-state index contributed by atoms with van der Waals surface area (Å²) in [6, 6.07) is 0. The van der Waals surface area contributed by atoms with Crippen molar-refractivity contribution in [1.82, 2.24) is 0 Å². The van der Waals surface area contributed by atoms with Crippen molar-refractivity contribution in [2.45, 2.75) is 107 Å². The second-order valence-electron chi connectivity index (χ2n) is 14.4. The molecule has 4 atom stereocenters. The second kappa shape index (κ2) is 15.8. The molecule has 2 aliphatic carbocycles. The lowest BCUT2D eigenvalue weighted by atomic mass is 9.66. The van der Waals surface area contributed by atoms with Crippen LogP contribution in [-0.4, -0.2) is 44.5 Å². The molecule has 0 bridgehead atoms. The Morgan fingerprint density at radius 1 is 0.733 bits per heavy atom. The normalized spacial score (nSPS) is 28.9. The summed E-state index contributed by atoms with van der Waals surface area (Å²) in [5.74, 6) is -0.211. The van der Waals surface area contributed by atoms with Gasteiger partial charge in [0, 0.05) is 11.5 Å². The molecule has 0 heterocycles. The molecule has 2 rings (SSSR count). The number of rotatable bonds is 11. The topological polar surface area (TPSA) is 98.0 Å². The Morgan fingerprint density at radius 2 is 1.24 bits per heavy atom. The zero-order chi connectivity index (χ0) is 34.2. The summed E-state index contributed by atoms with van der Waals surface area (Å²) in [5.41, 5.74) is 4.47. The first-order valence-electron chi connectivity index (χ1n) is 15.9. The predicted molar refractivity (Wildman–Crippen MR) is 188 cm³/mol. The zero-order valence-electron chi connectivity index (χ0n) is 29.1. The highest BCUT2D eigenvalue weighted by Crippen LogP contribution is 2.53. The van der Waals surface area contributed by atoms with Gasteiger partial charge in [0.05, 0.1) is 12.2 Å². The number of ketones is 1. The maximum atomic E-state index is 13.0. The Kier molecular flexibility index (Phi) is 13.4.